The lowest BCUT2D eigenvalue weighted by Gasteiger charge is -2.43. The van der Waals surface area contributed by atoms with E-state index in [1.807, 2.05) is 27.7 Å². The van der Waals surface area contributed by atoms with E-state index in [1.54, 1.807) is 23.1 Å². The number of carbonyl (C=O) groups is 5. The third-order valence-electron chi connectivity index (χ3n) is 11.8. The van der Waals surface area contributed by atoms with Crippen LogP contribution in [0.4, 0.5) is 4.79 Å². The molecule has 6 atom stereocenters. The third-order valence-corrected chi connectivity index (χ3v) is 13.7. The van der Waals surface area contributed by atoms with Crippen LogP contribution < -0.4 is 21.3 Å². The Hall–Kier alpha value is -3.96. The van der Waals surface area contributed by atoms with Crippen LogP contribution in [0, 0.1) is 35.0 Å². The molecule has 0 radical (unpaired) electrons. The Morgan fingerprint density at radius 3 is 2.41 bits per heavy atom. The molecular weight excluding hydrogens is 709 g/mol. The summed E-state index contributed by atoms with van der Waals surface area (Å²) in [6.07, 6.45) is 19.1. The number of nitrogens with zero attached hydrogens (tertiary/aromatic N) is 2. The summed E-state index contributed by atoms with van der Waals surface area (Å²) in [6.45, 7) is 11.7. The van der Waals surface area contributed by atoms with Gasteiger partial charge in [-0.25, -0.2) is 13.2 Å². The maximum Gasteiger partial charge on any atom is 0.315 e. The van der Waals surface area contributed by atoms with Crippen LogP contribution in [0.15, 0.2) is 35.8 Å². The number of Topliss-reactive ketones (excluding diaryl/α,β-unsaturated/α-hetero) is 1. The van der Waals surface area contributed by atoms with Crippen molar-refractivity contribution in [2.45, 2.75) is 122 Å². The predicted molar refractivity (Wildman–Crippen MR) is 208 cm³/mol. The summed E-state index contributed by atoms with van der Waals surface area (Å²) in [5, 5.41) is 11.3. The van der Waals surface area contributed by atoms with Gasteiger partial charge in [0.2, 0.25) is 27.6 Å². The smallest absolute Gasteiger partial charge is 0.315 e. The Morgan fingerprint density at radius 1 is 1.09 bits per heavy atom. The molecule has 298 valence electrons. The maximum absolute atomic E-state index is 14.9. The first kappa shape index (κ1) is 42.8. The average Bonchev–Trinajstić information content (AvgIpc) is 3.89. The quantitative estimate of drug-likeness (QED) is 0.106. The maximum atomic E-state index is 14.9. The van der Waals surface area contributed by atoms with Crippen LogP contribution in [-0.2, 0) is 29.2 Å². The number of likely N-dealkylation sites (N-methyl/N-ethyl adjacent to an activating group) is 1. The van der Waals surface area contributed by atoms with Crippen LogP contribution in [0.1, 0.15) is 98.3 Å². The Labute approximate surface area is 321 Å². The fraction of sp³-hybridized carbons (Fsp3) is 0.675. The van der Waals surface area contributed by atoms with Crippen molar-refractivity contribution in [3.05, 3.63) is 35.8 Å². The summed E-state index contributed by atoms with van der Waals surface area (Å²) in [7, 11) is -2.25. The van der Waals surface area contributed by atoms with Gasteiger partial charge in [0.15, 0.2) is 0 Å². The number of allylic oxidation sites excluding steroid dienone is 4. The van der Waals surface area contributed by atoms with E-state index in [0.717, 1.165) is 38.5 Å². The molecule has 54 heavy (non-hydrogen) atoms. The molecule has 14 heteroatoms. The van der Waals surface area contributed by atoms with Gasteiger partial charge < -0.3 is 26.2 Å². The van der Waals surface area contributed by atoms with Gasteiger partial charge in [-0.3, -0.25) is 19.2 Å². The highest BCUT2D eigenvalue weighted by molar-refractivity contribution is 7.93. The largest absolute Gasteiger partial charge is 0.346 e. The summed E-state index contributed by atoms with van der Waals surface area (Å²) in [6, 6.07) is -4.27. The van der Waals surface area contributed by atoms with Crippen LogP contribution in [0.2, 0.25) is 0 Å². The van der Waals surface area contributed by atoms with Gasteiger partial charge in [0.25, 0.3) is 5.91 Å². The van der Waals surface area contributed by atoms with E-state index in [4.69, 9.17) is 6.42 Å². The molecule has 0 spiro atoms. The number of likely N-dealkylation sites (tertiary alicyclic amines) is 1. The molecule has 0 aromatic heterocycles. The molecule has 1 unspecified atom stereocenters. The van der Waals surface area contributed by atoms with Crippen molar-refractivity contribution in [3.63, 3.8) is 0 Å². The Morgan fingerprint density at radius 2 is 1.80 bits per heavy atom. The Balaban J connectivity index is 1.59. The molecule has 2 saturated carbocycles. The van der Waals surface area contributed by atoms with Gasteiger partial charge in [-0.1, -0.05) is 71.6 Å². The molecular formula is C40H60N6O7S. The van der Waals surface area contributed by atoms with E-state index in [9.17, 15) is 32.4 Å². The van der Waals surface area contributed by atoms with Gasteiger partial charge in [0.1, 0.15) is 12.1 Å². The molecule has 0 bridgehead atoms. The number of carbonyl (C=O) groups excluding carboxylic acids is 5. The molecule has 3 aliphatic carbocycles. The Kier molecular flexibility index (Phi) is 14.4. The van der Waals surface area contributed by atoms with Gasteiger partial charge in [0.05, 0.1) is 10.9 Å². The molecule has 0 aromatic rings. The summed E-state index contributed by atoms with van der Waals surface area (Å²) >= 11 is 0. The lowest BCUT2D eigenvalue weighted by Crippen LogP contribution is -2.63. The Bertz CT molecular complexity index is 1650. The number of fused-ring (bicyclic) bond motifs is 1. The van der Waals surface area contributed by atoms with Crippen molar-refractivity contribution in [2.24, 2.45) is 22.7 Å². The zero-order valence-electron chi connectivity index (χ0n) is 32.6. The van der Waals surface area contributed by atoms with Crippen molar-refractivity contribution in [3.8, 4) is 12.3 Å². The minimum atomic E-state index is -3.75. The van der Waals surface area contributed by atoms with Crippen LogP contribution in [-0.4, -0.2) is 98.0 Å². The first-order valence-corrected chi connectivity index (χ1v) is 20.7. The zero-order chi connectivity index (χ0) is 39.8. The van der Waals surface area contributed by atoms with Crippen LogP contribution in [0.5, 0.6) is 0 Å². The second kappa shape index (κ2) is 18.1. The van der Waals surface area contributed by atoms with Gasteiger partial charge in [-0.2, -0.15) is 4.31 Å². The van der Waals surface area contributed by atoms with Gasteiger partial charge in [0, 0.05) is 45.6 Å². The second-order valence-electron chi connectivity index (χ2n) is 16.7. The first-order valence-electron chi connectivity index (χ1n) is 19.3. The SMILES string of the molecule is C#CCCC(NC(=O)[C@@H]1[C@H]2CCC[C@H]2CN1C(=O)[C@@H](NC(=O)N[C@H](CN(C)S(=O)(=O)C1=CC=CC1)C(C)(C)C)C1(C)CCCCC1)C(=O)C(=O)NCC=C. The topological polar surface area (TPSA) is 174 Å². The summed E-state index contributed by atoms with van der Waals surface area (Å²) < 4.78 is 27.9. The van der Waals surface area contributed by atoms with E-state index in [1.165, 1.54) is 17.4 Å². The van der Waals surface area contributed by atoms with Crippen LogP contribution in [0.25, 0.3) is 0 Å². The van der Waals surface area contributed by atoms with E-state index in [-0.39, 0.29) is 48.6 Å². The van der Waals surface area contributed by atoms with Crippen molar-refractivity contribution in [1.29, 1.82) is 0 Å². The highest BCUT2D eigenvalue weighted by atomic mass is 32.2. The summed E-state index contributed by atoms with van der Waals surface area (Å²) in [4.78, 5) is 70.8. The summed E-state index contributed by atoms with van der Waals surface area (Å²) in [5.41, 5.74) is -1.16. The first-order chi connectivity index (χ1) is 25.4. The number of terminal acetylenes is 1. The van der Waals surface area contributed by atoms with Crippen molar-refractivity contribution < 1.29 is 32.4 Å². The van der Waals surface area contributed by atoms with E-state index in [0.29, 0.717) is 25.8 Å². The monoisotopic (exact) mass is 768 g/mol. The molecule has 13 nitrogen and oxygen atoms in total. The van der Waals surface area contributed by atoms with E-state index < -0.39 is 68.6 Å². The number of hydrogen-bond donors (Lipinski definition) is 4. The molecule has 3 fully saturated rings. The fourth-order valence-corrected chi connectivity index (χ4v) is 9.72. The van der Waals surface area contributed by atoms with Gasteiger partial charge >= 0.3 is 6.03 Å². The van der Waals surface area contributed by atoms with Gasteiger partial charge in [-0.15, -0.1) is 18.9 Å². The summed E-state index contributed by atoms with van der Waals surface area (Å²) in [5.74, 6) is -0.181. The standard InChI is InChI=1S/C40H60N6O7S/c1-8-10-21-30(33(47)36(49)41-24-9-2)42-35(48)32-29-20-16-17-27(29)25-46(32)37(50)34(40(6)22-14-11-15-23-40)44-38(51)43-31(39(3,4)5)26-45(7)54(52,53)28-18-12-13-19-28/h1,9,12-13,18,27,29-32,34H,2,10-11,14-17,19-26H2,3-7H3,(H,41,49)(H,42,48)(H2,43,44,51)/t27-,29-,30?,31+,32-,34+/m0/s1. The highest BCUT2D eigenvalue weighted by Crippen LogP contribution is 2.45. The molecule has 1 aliphatic heterocycles. The average molecular weight is 769 g/mol. The molecule has 5 amide bonds. The second-order valence-corrected chi connectivity index (χ2v) is 18.8. The molecule has 0 aromatic carbocycles. The minimum absolute atomic E-state index is 0.00931. The zero-order valence-corrected chi connectivity index (χ0v) is 33.4. The van der Waals surface area contributed by atoms with Gasteiger partial charge in [-0.05, 0) is 60.8 Å². The van der Waals surface area contributed by atoms with Crippen LogP contribution in [0.3, 0.4) is 0 Å². The number of nitrogens with one attached hydrogen (secondary N) is 4. The molecule has 4 N–H and O–H groups in total. The number of urea groups is 1. The molecule has 1 saturated heterocycles. The third kappa shape index (κ3) is 10.0. The van der Waals surface area contributed by atoms with Crippen LogP contribution >= 0.6 is 0 Å². The lowest BCUT2D eigenvalue weighted by molar-refractivity contribution is -0.145. The predicted octanol–water partition coefficient (Wildman–Crippen LogP) is 3.54. The van der Waals surface area contributed by atoms with Crippen molar-refractivity contribution in [2.75, 3.05) is 26.7 Å². The van der Waals surface area contributed by atoms with Crippen molar-refractivity contribution in [1.82, 2.24) is 30.5 Å². The number of amides is 5. The number of hydrogen-bond acceptors (Lipinski definition) is 7. The minimum Gasteiger partial charge on any atom is -0.346 e. The number of ketones is 1. The fourth-order valence-electron chi connectivity index (χ4n) is 8.42. The lowest BCUT2D eigenvalue weighted by atomic mass is 9.70. The van der Waals surface area contributed by atoms with Crippen molar-refractivity contribution >= 4 is 39.6 Å². The number of sulfonamides is 1. The molecule has 4 rings (SSSR count). The normalized spacial score (nSPS) is 23.7. The van der Waals surface area contributed by atoms with E-state index >= 15 is 0 Å². The molecule has 1 heterocycles. The number of rotatable bonds is 16. The highest BCUT2D eigenvalue weighted by Gasteiger charge is 2.53. The molecule has 4 aliphatic rings. The van der Waals surface area contributed by atoms with E-state index in [2.05, 4.69) is 33.8 Å².